The molecule has 1 aromatic carbocycles. The van der Waals surface area contributed by atoms with E-state index >= 15 is 0 Å². The number of morpholine rings is 1. The highest BCUT2D eigenvalue weighted by molar-refractivity contribution is 7.14. The lowest BCUT2D eigenvalue weighted by atomic mass is 9.82. The molecule has 0 amide bonds. The van der Waals surface area contributed by atoms with Gasteiger partial charge in [-0.25, -0.2) is 0 Å². The van der Waals surface area contributed by atoms with E-state index in [0.29, 0.717) is 0 Å². The second-order valence-corrected chi connectivity index (χ2v) is 8.21. The molecule has 2 aliphatic heterocycles. The Labute approximate surface area is 151 Å². The van der Waals surface area contributed by atoms with Gasteiger partial charge in [-0.15, -0.1) is 0 Å². The van der Waals surface area contributed by atoms with E-state index in [1.54, 1.807) is 0 Å². The maximum Gasteiger partial charge on any atom is 0.517 e. The van der Waals surface area contributed by atoms with Gasteiger partial charge < -0.3 is 18.9 Å². The molecule has 0 spiro atoms. The normalized spacial score (nSPS) is 22.8. The minimum atomic E-state index is -0.455. The monoisotopic (exact) mass is 361 g/mol. The summed E-state index contributed by atoms with van der Waals surface area (Å²) >= 11 is 0. The van der Waals surface area contributed by atoms with Crippen LogP contribution in [-0.4, -0.2) is 54.2 Å². The SMILES string of the molecule is CC1(C)OB(c2nn(P)c3cc(N4CCOCC4)ccc23)OC1(C)C. The lowest BCUT2D eigenvalue weighted by Gasteiger charge is -2.32. The summed E-state index contributed by atoms with van der Waals surface area (Å²) in [6.07, 6.45) is 0. The molecule has 0 radical (unpaired) electrons. The predicted octanol–water partition coefficient (Wildman–Crippen LogP) is 1.81. The Bertz CT molecular complexity index is 786. The summed E-state index contributed by atoms with van der Waals surface area (Å²) in [5.41, 5.74) is 2.33. The van der Waals surface area contributed by atoms with Gasteiger partial charge in [-0.05, 0) is 55.3 Å². The number of nitrogens with zero attached hydrogens (tertiary/aromatic N) is 3. The van der Waals surface area contributed by atoms with Crippen LogP contribution < -0.4 is 10.5 Å². The first-order valence-electron chi connectivity index (χ1n) is 8.75. The molecule has 8 heteroatoms. The summed E-state index contributed by atoms with van der Waals surface area (Å²) in [5.74, 6) is 0. The van der Waals surface area contributed by atoms with Crippen molar-refractivity contribution in [3.63, 3.8) is 0 Å². The van der Waals surface area contributed by atoms with Crippen LogP contribution in [0.2, 0.25) is 0 Å². The highest BCUT2D eigenvalue weighted by atomic mass is 31.0. The highest BCUT2D eigenvalue weighted by Crippen LogP contribution is 2.37. The van der Waals surface area contributed by atoms with Crippen molar-refractivity contribution in [3.05, 3.63) is 18.2 Å². The molecule has 2 aliphatic rings. The van der Waals surface area contributed by atoms with Crippen molar-refractivity contribution < 1.29 is 14.0 Å². The fraction of sp³-hybridized carbons (Fsp3) is 0.588. The third-order valence-electron chi connectivity index (χ3n) is 5.57. The molecule has 4 rings (SSSR count). The van der Waals surface area contributed by atoms with Gasteiger partial charge in [-0.2, -0.15) is 5.10 Å². The third-order valence-corrected chi connectivity index (χ3v) is 5.97. The summed E-state index contributed by atoms with van der Waals surface area (Å²) in [5, 5.41) is 5.74. The Kier molecular flexibility index (Phi) is 4.11. The summed E-state index contributed by atoms with van der Waals surface area (Å²) in [4.78, 5) is 2.34. The number of hydrogen-bond donors (Lipinski definition) is 0. The lowest BCUT2D eigenvalue weighted by molar-refractivity contribution is 0.00578. The summed E-state index contributed by atoms with van der Waals surface area (Å²) < 4.78 is 19.6. The van der Waals surface area contributed by atoms with E-state index < -0.39 is 7.12 Å². The average Bonchev–Trinajstić information content (AvgIpc) is 3.01. The van der Waals surface area contributed by atoms with Crippen LogP contribution in [-0.2, 0) is 14.0 Å². The number of hydrogen-bond acceptors (Lipinski definition) is 5. The molecule has 0 aliphatic carbocycles. The lowest BCUT2D eigenvalue weighted by Crippen LogP contribution is -2.41. The zero-order valence-electron chi connectivity index (χ0n) is 15.3. The molecule has 2 fully saturated rings. The average molecular weight is 361 g/mol. The number of benzene rings is 1. The Hall–Kier alpha value is -1.14. The van der Waals surface area contributed by atoms with Crippen molar-refractivity contribution in [3.8, 4) is 0 Å². The molecular formula is C17H25BN3O3P. The number of anilines is 1. The van der Waals surface area contributed by atoms with Crippen molar-refractivity contribution >= 4 is 38.7 Å². The van der Waals surface area contributed by atoms with Crippen molar-refractivity contribution in [2.24, 2.45) is 0 Å². The quantitative estimate of drug-likeness (QED) is 0.603. The molecule has 3 heterocycles. The number of aromatic nitrogens is 2. The molecule has 6 nitrogen and oxygen atoms in total. The minimum absolute atomic E-state index is 0.373. The molecule has 0 bridgehead atoms. The number of fused-ring (bicyclic) bond motifs is 1. The van der Waals surface area contributed by atoms with E-state index in [9.17, 15) is 0 Å². The van der Waals surface area contributed by atoms with E-state index in [1.807, 2.05) is 4.45 Å². The van der Waals surface area contributed by atoms with E-state index in [2.05, 4.69) is 65.3 Å². The van der Waals surface area contributed by atoms with Gasteiger partial charge in [0.1, 0.15) is 5.59 Å². The Morgan fingerprint density at radius 1 is 1.08 bits per heavy atom. The minimum Gasteiger partial charge on any atom is -0.398 e. The van der Waals surface area contributed by atoms with Crippen molar-refractivity contribution in [1.82, 2.24) is 9.55 Å². The van der Waals surface area contributed by atoms with E-state index in [1.165, 1.54) is 5.69 Å². The molecule has 1 atom stereocenters. The molecule has 2 aromatic rings. The van der Waals surface area contributed by atoms with Crippen LogP contribution in [0, 0.1) is 0 Å². The van der Waals surface area contributed by atoms with Crippen LogP contribution in [0.25, 0.3) is 10.9 Å². The first kappa shape index (κ1) is 17.3. The van der Waals surface area contributed by atoms with E-state index in [0.717, 1.165) is 42.8 Å². The molecule has 0 saturated carbocycles. The molecule has 1 unspecified atom stereocenters. The Morgan fingerprint density at radius 2 is 1.72 bits per heavy atom. The van der Waals surface area contributed by atoms with Crippen molar-refractivity contribution in [2.75, 3.05) is 31.2 Å². The first-order chi connectivity index (χ1) is 11.8. The maximum atomic E-state index is 6.18. The van der Waals surface area contributed by atoms with Gasteiger partial charge in [0.2, 0.25) is 0 Å². The molecule has 0 N–H and O–H groups in total. The summed E-state index contributed by atoms with van der Waals surface area (Å²) in [6, 6.07) is 6.44. The van der Waals surface area contributed by atoms with E-state index in [-0.39, 0.29) is 11.2 Å². The van der Waals surface area contributed by atoms with Crippen LogP contribution in [0.5, 0.6) is 0 Å². The smallest absolute Gasteiger partial charge is 0.398 e. The topological polar surface area (TPSA) is 48.8 Å². The molecule has 25 heavy (non-hydrogen) atoms. The third kappa shape index (κ3) is 2.87. The van der Waals surface area contributed by atoms with Gasteiger partial charge in [0.15, 0.2) is 0 Å². The van der Waals surface area contributed by atoms with Gasteiger partial charge in [0.25, 0.3) is 0 Å². The predicted molar refractivity (Wildman–Crippen MR) is 104 cm³/mol. The van der Waals surface area contributed by atoms with Gasteiger partial charge >= 0.3 is 7.12 Å². The summed E-state index contributed by atoms with van der Waals surface area (Å²) in [6.45, 7) is 11.6. The van der Waals surface area contributed by atoms with Crippen molar-refractivity contribution in [1.29, 1.82) is 0 Å². The number of rotatable bonds is 2. The highest BCUT2D eigenvalue weighted by Gasteiger charge is 2.53. The molecule has 2 saturated heterocycles. The largest absolute Gasteiger partial charge is 0.517 e. The van der Waals surface area contributed by atoms with Crippen LogP contribution in [0.15, 0.2) is 18.2 Å². The molecule has 1 aromatic heterocycles. The molecular weight excluding hydrogens is 336 g/mol. The Balaban J connectivity index is 1.70. The van der Waals surface area contributed by atoms with Gasteiger partial charge in [-0.1, -0.05) is 0 Å². The van der Waals surface area contributed by atoms with Gasteiger partial charge in [-0.3, -0.25) is 4.45 Å². The van der Waals surface area contributed by atoms with Crippen molar-refractivity contribution in [2.45, 2.75) is 38.9 Å². The standard InChI is InChI=1S/C17H25BN3O3P/c1-16(2)17(3,4)24-18(23-16)15-13-6-5-12(11-14(13)21(25)19-15)20-7-9-22-10-8-20/h5-6,11H,7-10,25H2,1-4H3. The first-order valence-corrected chi connectivity index (χ1v) is 9.26. The van der Waals surface area contributed by atoms with Crippen LogP contribution in [0.4, 0.5) is 5.69 Å². The maximum absolute atomic E-state index is 6.18. The summed E-state index contributed by atoms with van der Waals surface area (Å²) in [7, 11) is 2.21. The zero-order chi connectivity index (χ0) is 17.8. The van der Waals surface area contributed by atoms with Gasteiger partial charge in [0.05, 0.1) is 29.9 Å². The van der Waals surface area contributed by atoms with E-state index in [4.69, 9.17) is 14.0 Å². The fourth-order valence-electron chi connectivity index (χ4n) is 3.30. The van der Waals surface area contributed by atoms with Gasteiger partial charge in [0, 0.05) is 24.2 Å². The van der Waals surface area contributed by atoms with Crippen LogP contribution in [0.3, 0.4) is 0 Å². The second-order valence-electron chi connectivity index (χ2n) is 7.72. The Morgan fingerprint density at radius 3 is 2.36 bits per heavy atom. The number of ether oxygens (including phenoxy) is 1. The zero-order valence-corrected chi connectivity index (χ0v) is 16.4. The molecule has 134 valence electrons. The van der Waals surface area contributed by atoms with Crippen LogP contribution in [0.1, 0.15) is 27.7 Å². The van der Waals surface area contributed by atoms with Crippen LogP contribution >= 0.6 is 9.39 Å². The fourth-order valence-corrected chi connectivity index (χ4v) is 3.64. The second kappa shape index (κ2) is 5.95.